The number of halogens is 2. The van der Waals surface area contributed by atoms with Crippen LogP contribution in [-0.2, 0) is 0 Å². The number of benzene rings is 1. The molecule has 0 amide bonds. The van der Waals surface area contributed by atoms with E-state index in [1.807, 2.05) is 20.8 Å². The molecular formula is C15H23F2NO2. The Bertz CT molecular complexity index is 440. The molecule has 5 heteroatoms. The standard InChI is InChI=1S/C15H23F2NO2/c1-10(2)18-15(4,9-19)8-11(3)20-13-7-5-6-12(16)14(13)17/h5-7,10-11,18-19H,8-9H2,1-4H3. The van der Waals surface area contributed by atoms with Crippen LogP contribution in [0.15, 0.2) is 18.2 Å². The largest absolute Gasteiger partial charge is 0.487 e. The zero-order valence-electron chi connectivity index (χ0n) is 12.4. The van der Waals surface area contributed by atoms with Crippen molar-refractivity contribution < 1.29 is 18.6 Å². The van der Waals surface area contributed by atoms with Gasteiger partial charge in [-0.05, 0) is 26.0 Å². The quantitative estimate of drug-likeness (QED) is 0.810. The molecule has 2 N–H and O–H groups in total. The van der Waals surface area contributed by atoms with Gasteiger partial charge in [0, 0.05) is 18.0 Å². The second kappa shape index (κ2) is 6.99. The van der Waals surface area contributed by atoms with Gasteiger partial charge in [0.1, 0.15) is 0 Å². The average Bonchev–Trinajstić information content (AvgIpc) is 2.33. The van der Waals surface area contributed by atoms with Crippen LogP contribution < -0.4 is 10.1 Å². The maximum absolute atomic E-state index is 13.5. The Hall–Kier alpha value is -1.20. The van der Waals surface area contributed by atoms with E-state index in [1.54, 1.807) is 6.92 Å². The Morgan fingerprint density at radius 3 is 2.50 bits per heavy atom. The van der Waals surface area contributed by atoms with Crippen molar-refractivity contribution in [1.82, 2.24) is 5.32 Å². The first kappa shape index (κ1) is 16.9. The zero-order valence-corrected chi connectivity index (χ0v) is 12.4. The number of rotatable bonds is 7. The third kappa shape index (κ3) is 4.72. The van der Waals surface area contributed by atoms with Crippen LogP contribution in [-0.4, -0.2) is 29.4 Å². The monoisotopic (exact) mass is 287 g/mol. The highest BCUT2D eigenvalue weighted by Gasteiger charge is 2.27. The van der Waals surface area contributed by atoms with Gasteiger partial charge in [0.15, 0.2) is 11.6 Å². The van der Waals surface area contributed by atoms with Crippen molar-refractivity contribution in [3.8, 4) is 5.75 Å². The normalized spacial score (nSPS) is 16.0. The molecule has 1 rings (SSSR count). The first-order valence-electron chi connectivity index (χ1n) is 6.76. The van der Waals surface area contributed by atoms with Crippen molar-refractivity contribution in [2.75, 3.05) is 6.61 Å². The molecule has 1 aromatic rings. The maximum atomic E-state index is 13.5. The first-order valence-corrected chi connectivity index (χ1v) is 6.76. The van der Waals surface area contributed by atoms with Crippen LogP contribution in [0.2, 0.25) is 0 Å². The van der Waals surface area contributed by atoms with Gasteiger partial charge >= 0.3 is 0 Å². The van der Waals surface area contributed by atoms with E-state index in [-0.39, 0.29) is 24.5 Å². The van der Waals surface area contributed by atoms with Crippen LogP contribution in [0.5, 0.6) is 5.75 Å². The van der Waals surface area contributed by atoms with Crippen molar-refractivity contribution in [2.45, 2.75) is 51.8 Å². The summed E-state index contributed by atoms with van der Waals surface area (Å²) in [4.78, 5) is 0. The van der Waals surface area contributed by atoms with Crippen LogP contribution in [0, 0.1) is 11.6 Å². The van der Waals surface area contributed by atoms with Gasteiger partial charge in [-0.15, -0.1) is 0 Å². The van der Waals surface area contributed by atoms with Crippen LogP contribution >= 0.6 is 0 Å². The second-order valence-electron chi connectivity index (χ2n) is 5.70. The van der Waals surface area contributed by atoms with E-state index in [0.717, 1.165) is 6.07 Å². The van der Waals surface area contributed by atoms with Crippen LogP contribution in [0.4, 0.5) is 8.78 Å². The van der Waals surface area contributed by atoms with Crippen molar-refractivity contribution in [3.05, 3.63) is 29.8 Å². The zero-order chi connectivity index (χ0) is 15.3. The van der Waals surface area contributed by atoms with E-state index in [2.05, 4.69) is 5.32 Å². The van der Waals surface area contributed by atoms with E-state index in [1.165, 1.54) is 12.1 Å². The van der Waals surface area contributed by atoms with Crippen LogP contribution in [0.1, 0.15) is 34.1 Å². The Morgan fingerprint density at radius 2 is 1.95 bits per heavy atom. The van der Waals surface area contributed by atoms with Crippen molar-refractivity contribution >= 4 is 0 Å². The van der Waals surface area contributed by atoms with E-state index >= 15 is 0 Å². The number of aliphatic hydroxyl groups is 1. The lowest BCUT2D eigenvalue weighted by molar-refractivity contribution is 0.101. The molecule has 0 aliphatic carbocycles. The van der Waals surface area contributed by atoms with E-state index in [9.17, 15) is 13.9 Å². The summed E-state index contributed by atoms with van der Waals surface area (Å²) >= 11 is 0. The molecule has 0 aliphatic rings. The Balaban J connectivity index is 2.71. The molecule has 0 bridgehead atoms. The van der Waals surface area contributed by atoms with Gasteiger partial charge in [0.2, 0.25) is 5.82 Å². The minimum absolute atomic E-state index is 0.0650. The summed E-state index contributed by atoms with van der Waals surface area (Å²) < 4.78 is 32.1. The molecule has 0 spiro atoms. The van der Waals surface area contributed by atoms with Crippen molar-refractivity contribution in [2.24, 2.45) is 0 Å². The number of ether oxygens (including phenoxy) is 1. The maximum Gasteiger partial charge on any atom is 0.200 e. The average molecular weight is 287 g/mol. The molecule has 1 aromatic carbocycles. The highest BCUT2D eigenvalue weighted by molar-refractivity contribution is 5.25. The molecule has 2 atom stereocenters. The third-order valence-electron chi connectivity index (χ3n) is 2.97. The first-order chi connectivity index (χ1) is 9.27. The summed E-state index contributed by atoms with van der Waals surface area (Å²) in [6, 6.07) is 4.04. The fourth-order valence-electron chi connectivity index (χ4n) is 2.33. The van der Waals surface area contributed by atoms with Crippen LogP contribution in [0.25, 0.3) is 0 Å². The summed E-state index contributed by atoms with van der Waals surface area (Å²) in [7, 11) is 0. The van der Waals surface area contributed by atoms with Gasteiger partial charge in [-0.1, -0.05) is 19.9 Å². The summed E-state index contributed by atoms with van der Waals surface area (Å²) in [5, 5.41) is 12.7. The molecule has 0 saturated carbocycles. The molecule has 0 aliphatic heterocycles. The predicted octanol–water partition coefficient (Wildman–Crippen LogP) is 2.87. The molecule has 0 heterocycles. The summed E-state index contributed by atoms with van der Waals surface area (Å²) in [6.07, 6.45) is 0.104. The van der Waals surface area contributed by atoms with Crippen molar-refractivity contribution in [1.29, 1.82) is 0 Å². The second-order valence-corrected chi connectivity index (χ2v) is 5.70. The summed E-state index contributed by atoms with van der Waals surface area (Å²) in [5.41, 5.74) is -0.530. The van der Waals surface area contributed by atoms with Crippen LogP contribution in [0.3, 0.4) is 0 Å². The smallest absolute Gasteiger partial charge is 0.200 e. The molecule has 3 nitrogen and oxygen atoms in total. The molecule has 114 valence electrons. The van der Waals surface area contributed by atoms with Gasteiger partial charge in [-0.2, -0.15) is 4.39 Å². The molecule has 0 fully saturated rings. The van der Waals surface area contributed by atoms with Gasteiger partial charge < -0.3 is 15.2 Å². The highest BCUT2D eigenvalue weighted by atomic mass is 19.2. The molecular weight excluding hydrogens is 264 g/mol. The lowest BCUT2D eigenvalue weighted by Crippen LogP contribution is -2.51. The number of hydrogen-bond donors (Lipinski definition) is 2. The minimum Gasteiger partial charge on any atom is -0.487 e. The Labute approximate surface area is 119 Å². The van der Waals surface area contributed by atoms with Gasteiger partial charge in [0.25, 0.3) is 0 Å². The number of nitrogens with one attached hydrogen (secondary N) is 1. The minimum atomic E-state index is -0.984. The molecule has 0 saturated heterocycles. The fourth-order valence-corrected chi connectivity index (χ4v) is 2.33. The lowest BCUT2D eigenvalue weighted by atomic mass is 9.94. The number of aliphatic hydroxyl groups excluding tert-OH is 1. The molecule has 0 aromatic heterocycles. The predicted molar refractivity (Wildman–Crippen MR) is 74.8 cm³/mol. The molecule has 20 heavy (non-hydrogen) atoms. The summed E-state index contributed by atoms with van der Waals surface area (Å²) in [5.74, 6) is -2.02. The van der Waals surface area contributed by atoms with Gasteiger partial charge in [0.05, 0.1) is 12.7 Å². The third-order valence-corrected chi connectivity index (χ3v) is 2.97. The fraction of sp³-hybridized carbons (Fsp3) is 0.600. The SMILES string of the molecule is CC(C)NC(C)(CO)CC(C)Oc1cccc(F)c1F. The van der Waals surface area contributed by atoms with E-state index in [4.69, 9.17) is 4.74 Å². The highest BCUT2D eigenvalue weighted by Crippen LogP contribution is 2.23. The van der Waals surface area contributed by atoms with Crippen molar-refractivity contribution in [3.63, 3.8) is 0 Å². The summed E-state index contributed by atoms with van der Waals surface area (Å²) in [6.45, 7) is 7.52. The topological polar surface area (TPSA) is 41.5 Å². The van der Waals surface area contributed by atoms with Gasteiger partial charge in [-0.25, -0.2) is 4.39 Å². The number of hydrogen-bond acceptors (Lipinski definition) is 3. The van der Waals surface area contributed by atoms with E-state index in [0.29, 0.717) is 6.42 Å². The van der Waals surface area contributed by atoms with Gasteiger partial charge in [-0.3, -0.25) is 0 Å². The molecule has 2 unspecified atom stereocenters. The van der Waals surface area contributed by atoms with E-state index < -0.39 is 17.2 Å². The lowest BCUT2D eigenvalue weighted by Gasteiger charge is -2.33. The Kier molecular flexibility index (Phi) is 5.89. The molecule has 0 radical (unpaired) electrons. The Morgan fingerprint density at radius 1 is 1.30 bits per heavy atom.